The minimum Gasteiger partial charge on any atom is -0.352 e. The fraction of sp³-hybridized carbons (Fsp3) is 0.267. The molecule has 1 aromatic carbocycles. The molecule has 0 spiro atoms. The van der Waals surface area contributed by atoms with Gasteiger partial charge in [0.25, 0.3) is 5.91 Å². The van der Waals surface area contributed by atoms with Gasteiger partial charge in [0.15, 0.2) is 5.82 Å². The first-order valence-electron chi connectivity index (χ1n) is 7.06. The van der Waals surface area contributed by atoms with Crippen LogP contribution < -0.4 is 10.6 Å². The zero-order valence-electron chi connectivity index (χ0n) is 11.9. The number of carbonyl (C=O) groups is 1. The van der Waals surface area contributed by atoms with Gasteiger partial charge >= 0.3 is 0 Å². The highest BCUT2D eigenvalue weighted by Crippen LogP contribution is 2.29. The Kier molecular flexibility index (Phi) is 4.63. The van der Waals surface area contributed by atoms with Gasteiger partial charge in [-0.15, -0.1) is 0 Å². The molecule has 23 heavy (non-hydrogen) atoms. The van der Waals surface area contributed by atoms with Crippen LogP contribution in [0.3, 0.4) is 0 Å². The van der Waals surface area contributed by atoms with E-state index in [1.165, 1.54) is 24.4 Å². The van der Waals surface area contributed by atoms with E-state index in [1.54, 1.807) is 0 Å². The lowest BCUT2D eigenvalue weighted by Crippen LogP contribution is -2.26. The third-order valence-corrected chi connectivity index (χ3v) is 3.92. The van der Waals surface area contributed by atoms with Crippen LogP contribution in [0.2, 0.25) is 10.3 Å². The van der Waals surface area contributed by atoms with E-state index in [0.717, 1.165) is 12.8 Å². The van der Waals surface area contributed by atoms with E-state index in [-0.39, 0.29) is 33.3 Å². The molecule has 1 aliphatic rings. The lowest BCUT2D eigenvalue weighted by atomic mass is 10.1. The van der Waals surface area contributed by atoms with E-state index >= 15 is 0 Å². The van der Waals surface area contributed by atoms with Crippen LogP contribution in [0.25, 0.3) is 0 Å². The second-order valence-corrected chi connectivity index (χ2v) is 6.02. The molecular formula is C15H13Cl2FN4O. The quantitative estimate of drug-likeness (QED) is 0.801. The van der Waals surface area contributed by atoms with Crippen LogP contribution >= 0.6 is 23.2 Å². The first-order chi connectivity index (χ1) is 11.0. The number of nitrogens with one attached hydrogen (secondary N) is 2. The molecule has 1 heterocycles. The summed E-state index contributed by atoms with van der Waals surface area (Å²) in [5.41, 5.74) is 0.175. The number of aromatic nitrogens is 2. The number of carbonyl (C=O) groups excluding carboxylic acids is 1. The molecule has 1 saturated carbocycles. The Labute approximate surface area is 142 Å². The highest BCUT2D eigenvalue weighted by Gasteiger charge is 2.23. The van der Waals surface area contributed by atoms with Crippen molar-refractivity contribution in [3.8, 4) is 0 Å². The Balaban J connectivity index is 1.87. The minimum atomic E-state index is -0.588. The number of para-hydroxylation sites is 1. The number of hydrogen-bond donors (Lipinski definition) is 2. The van der Waals surface area contributed by atoms with E-state index < -0.39 is 5.82 Å². The molecule has 2 N–H and O–H groups in total. The van der Waals surface area contributed by atoms with Crippen molar-refractivity contribution < 1.29 is 9.18 Å². The van der Waals surface area contributed by atoms with Gasteiger partial charge in [-0.25, -0.2) is 9.37 Å². The largest absolute Gasteiger partial charge is 0.352 e. The van der Waals surface area contributed by atoms with Crippen molar-refractivity contribution in [3.05, 3.63) is 46.1 Å². The van der Waals surface area contributed by atoms with Crippen LogP contribution in [0.5, 0.6) is 0 Å². The van der Waals surface area contributed by atoms with Gasteiger partial charge < -0.3 is 10.6 Å². The maximum Gasteiger partial charge on any atom is 0.253 e. The molecule has 0 radical (unpaired) electrons. The lowest BCUT2D eigenvalue weighted by molar-refractivity contribution is 0.0952. The summed E-state index contributed by atoms with van der Waals surface area (Å²) in [7, 11) is 0. The zero-order valence-corrected chi connectivity index (χ0v) is 13.5. The van der Waals surface area contributed by atoms with Crippen molar-refractivity contribution in [2.45, 2.75) is 12.8 Å². The van der Waals surface area contributed by atoms with Gasteiger partial charge in [-0.2, -0.15) is 4.98 Å². The molecule has 120 valence electrons. The topological polar surface area (TPSA) is 66.9 Å². The van der Waals surface area contributed by atoms with Crippen LogP contribution in [-0.4, -0.2) is 22.4 Å². The molecule has 0 bridgehead atoms. The van der Waals surface area contributed by atoms with Crippen molar-refractivity contribution in [3.63, 3.8) is 0 Å². The van der Waals surface area contributed by atoms with Crippen LogP contribution in [0.4, 0.5) is 15.9 Å². The predicted molar refractivity (Wildman–Crippen MR) is 86.8 cm³/mol. The second kappa shape index (κ2) is 6.68. The molecule has 2 aromatic rings. The molecule has 0 aliphatic heterocycles. The zero-order chi connectivity index (χ0) is 16.4. The minimum absolute atomic E-state index is 0.00235. The number of nitrogens with zero attached hydrogens (tertiary/aromatic N) is 2. The van der Waals surface area contributed by atoms with Crippen LogP contribution in [0.15, 0.2) is 24.4 Å². The highest BCUT2D eigenvalue weighted by molar-refractivity contribution is 6.33. The molecule has 0 atom stereocenters. The summed E-state index contributed by atoms with van der Waals surface area (Å²) in [6.07, 6.45) is 3.53. The van der Waals surface area contributed by atoms with E-state index in [4.69, 9.17) is 23.2 Å². The number of anilines is 2. The molecule has 1 fully saturated rings. The van der Waals surface area contributed by atoms with Crippen molar-refractivity contribution >= 4 is 40.6 Å². The average Bonchev–Trinajstić information content (AvgIpc) is 3.34. The SMILES string of the molecule is O=C(NCC1CC1)c1cccc(F)c1Nc1nc(Cl)ncc1Cl. The molecule has 1 aromatic heterocycles. The number of benzene rings is 1. The highest BCUT2D eigenvalue weighted by atomic mass is 35.5. The summed E-state index contributed by atoms with van der Waals surface area (Å²) < 4.78 is 14.2. The number of rotatable bonds is 5. The number of hydrogen-bond acceptors (Lipinski definition) is 4. The molecule has 8 heteroatoms. The van der Waals surface area contributed by atoms with Crippen LogP contribution in [-0.2, 0) is 0 Å². The molecule has 1 amide bonds. The summed E-state index contributed by atoms with van der Waals surface area (Å²) in [5.74, 6) is -0.280. The Bertz CT molecular complexity index is 752. The van der Waals surface area contributed by atoms with Gasteiger partial charge in [-0.1, -0.05) is 17.7 Å². The maximum absolute atomic E-state index is 14.2. The van der Waals surface area contributed by atoms with Gasteiger partial charge in [0.2, 0.25) is 5.28 Å². The molecule has 1 aliphatic carbocycles. The Morgan fingerprint density at radius 1 is 1.35 bits per heavy atom. The predicted octanol–water partition coefficient (Wildman–Crippen LogP) is 3.81. The smallest absolute Gasteiger partial charge is 0.253 e. The molecular weight excluding hydrogens is 342 g/mol. The monoisotopic (exact) mass is 354 g/mol. The normalized spacial score (nSPS) is 13.7. The average molecular weight is 355 g/mol. The van der Waals surface area contributed by atoms with Crippen LogP contribution in [0.1, 0.15) is 23.2 Å². The first-order valence-corrected chi connectivity index (χ1v) is 7.82. The fourth-order valence-electron chi connectivity index (χ4n) is 2.05. The fourth-order valence-corrected chi connectivity index (χ4v) is 2.32. The Morgan fingerprint density at radius 3 is 2.87 bits per heavy atom. The van der Waals surface area contributed by atoms with Crippen molar-refractivity contribution in [2.75, 3.05) is 11.9 Å². The van der Waals surface area contributed by atoms with Crippen LogP contribution in [0, 0.1) is 11.7 Å². The molecule has 0 unspecified atom stereocenters. The molecule has 5 nitrogen and oxygen atoms in total. The second-order valence-electron chi connectivity index (χ2n) is 5.28. The van der Waals surface area contributed by atoms with Crippen molar-refractivity contribution in [1.29, 1.82) is 0 Å². The lowest BCUT2D eigenvalue weighted by Gasteiger charge is -2.13. The van der Waals surface area contributed by atoms with E-state index in [1.807, 2.05) is 0 Å². The summed E-state index contributed by atoms with van der Waals surface area (Å²) in [4.78, 5) is 19.9. The number of halogens is 3. The standard InChI is InChI=1S/C15H13Cl2FN4O/c16-10-7-20-15(17)22-13(10)21-12-9(2-1-3-11(12)18)14(23)19-6-8-4-5-8/h1-3,7-8H,4-6H2,(H,19,23)(H,20,21,22). The summed E-state index contributed by atoms with van der Waals surface area (Å²) in [5, 5.41) is 5.67. The van der Waals surface area contributed by atoms with Crippen molar-refractivity contribution in [1.82, 2.24) is 15.3 Å². The first kappa shape index (κ1) is 16.0. The third kappa shape index (κ3) is 3.89. The van der Waals surface area contributed by atoms with Gasteiger partial charge in [-0.05, 0) is 42.5 Å². The molecule has 3 rings (SSSR count). The summed E-state index contributed by atoms with van der Waals surface area (Å²) in [6, 6.07) is 4.25. The van der Waals surface area contributed by atoms with E-state index in [9.17, 15) is 9.18 Å². The Morgan fingerprint density at radius 2 is 2.13 bits per heavy atom. The Hall–Kier alpha value is -1.92. The van der Waals surface area contributed by atoms with E-state index in [2.05, 4.69) is 20.6 Å². The van der Waals surface area contributed by atoms with Gasteiger partial charge in [0, 0.05) is 6.54 Å². The maximum atomic E-state index is 14.2. The third-order valence-electron chi connectivity index (χ3n) is 3.46. The van der Waals surface area contributed by atoms with E-state index in [0.29, 0.717) is 12.5 Å². The molecule has 0 saturated heterocycles. The van der Waals surface area contributed by atoms with Crippen molar-refractivity contribution in [2.24, 2.45) is 5.92 Å². The van der Waals surface area contributed by atoms with Gasteiger partial charge in [0.1, 0.15) is 10.8 Å². The van der Waals surface area contributed by atoms with Gasteiger partial charge in [-0.3, -0.25) is 4.79 Å². The summed E-state index contributed by atoms with van der Waals surface area (Å²) in [6.45, 7) is 0.592. The summed E-state index contributed by atoms with van der Waals surface area (Å²) >= 11 is 11.7. The number of amides is 1. The van der Waals surface area contributed by atoms with Gasteiger partial charge in [0.05, 0.1) is 17.4 Å².